The molecule has 0 aliphatic rings. The van der Waals surface area contributed by atoms with Gasteiger partial charge in [0.1, 0.15) is 10.8 Å². The van der Waals surface area contributed by atoms with E-state index in [0.717, 1.165) is 21.0 Å². The maximum atomic E-state index is 12.4. The summed E-state index contributed by atoms with van der Waals surface area (Å²) in [4.78, 5) is 16.5. The number of phenolic OH excluding ortho intramolecular Hbond substituents is 1. The minimum absolute atomic E-state index is 0.0465. The van der Waals surface area contributed by atoms with Crippen LogP contribution >= 0.6 is 34.7 Å². The average molecular weight is 339 g/mol. The van der Waals surface area contributed by atoms with Crippen molar-refractivity contribution in [1.29, 1.82) is 0 Å². The molecule has 0 bridgehead atoms. The van der Waals surface area contributed by atoms with E-state index in [4.69, 9.17) is 11.6 Å². The molecule has 2 heterocycles. The van der Waals surface area contributed by atoms with Crippen LogP contribution in [0.3, 0.4) is 0 Å². The molecular weight excluding hydrogens is 328 g/mol. The van der Waals surface area contributed by atoms with Crippen LogP contribution in [0.5, 0.6) is 5.75 Å². The van der Waals surface area contributed by atoms with Gasteiger partial charge in [-0.25, -0.2) is 4.79 Å². The molecule has 108 valence electrons. The fourth-order valence-electron chi connectivity index (χ4n) is 2.08. The first-order valence-corrected chi connectivity index (χ1v) is 8.48. The summed E-state index contributed by atoms with van der Waals surface area (Å²) in [5.74, 6) is 0.796. The third-order valence-corrected chi connectivity index (χ3v) is 5.06. The molecule has 0 atom stereocenters. The number of hydrogen-bond acceptors (Lipinski definition) is 5. The lowest BCUT2D eigenvalue weighted by Crippen LogP contribution is -2.22. The van der Waals surface area contributed by atoms with Crippen LogP contribution in [-0.2, 0) is 0 Å². The number of thioether (sulfide) groups is 1. The standard InChI is InChI=1S/C14H11ClN2O2S2/c1-2-20-13-12-10(5-6-21-12)17(14(19)16-13)9-4-3-8(15)7-11(9)18/h3-7,18H,2H2,1H3. The number of phenols is 1. The zero-order chi connectivity index (χ0) is 15.0. The van der Waals surface area contributed by atoms with E-state index in [-0.39, 0.29) is 5.75 Å². The third-order valence-electron chi connectivity index (χ3n) is 2.93. The fourth-order valence-corrected chi connectivity index (χ4v) is 3.98. The van der Waals surface area contributed by atoms with Crippen molar-refractivity contribution < 1.29 is 5.11 Å². The molecule has 0 unspecified atom stereocenters. The minimum Gasteiger partial charge on any atom is -0.506 e. The van der Waals surface area contributed by atoms with Crippen LogP contribution in [0.15, 0.2) is 39.5 Å². The van der Waals surface area contributed by atoms with Crippen LogP contribution in [0.2, 0.25) is 5.02 Å². The summed E-state index contributed by atoms with van der Waals surface area (Å²) in [6.45, 7) is 2.02. The smallest absolute Gasteiger partial charge is 0.353 e. The van der Waals surface area contributed by atoms with Gasteiger partial charge in [-0.2, -0.15) is 4.98 Å². The van der Waals surface area contributed by atoms with Crippen molar-refractivity contribution >= 4 is 44.9 Å². The highest BCUT2D eigenvalue weighted by molar-refractivity contribution is 7.99. The number of hydrogen-bond donors (Lipinski definition) is 1. The van der Waals surface area contributed by atoms with Crippen LogP contribution < -0.4 is 5.69 Å². The highest BCUT2D eigenvalue weighted by Gasteiger charge is 2.15. The number of fused-ring (bicyclic) bond motifs is 1. The Morgan fingerprint density at radius 2 is 2.24 bits per heavy atom. The van der Waals surface area contributed by atoms with E-state index in [9.17, 15) is 9.90 Å². The van der Waals surface area contributed by atoms with Crippen molar-refractivity contribution in [3.05, 3.63) is 45.2 Å². The van der Waals surface area contributed by atoms with Crippen molar-refractivity contribution in [3.8, 4) is 11.4 Å². The molecule has 0 saturated carbocycles. The third kappa shape index (κ3) is 2.54. The van der Waals surface area contributed by atoms with Gasteiger partial charge in [0.25, 0.3) is 0 Å². The number of rotatable bonds is 3. The molecule has 1 N–H and O–H groups in total. The molecular formula is C14H11ClN2O2S2. The molecule has 0 amide bonds. The van der Waals surface area contributed by atoms with Crippen molar-refractivity contribution in [2.45, 2.75) is 11.9 Å². The monoisotopic (exact) mass is 338 g/mol. The van der Waals surface area contributed by atoms with E-state index in [1.807, 2.05) is 18.4 Å². The second-order valence-corrected chi connectivity index (χ2v) is 6.84. The molecule has 21 heavy (non-hydrogen) atoms. The Kier molecular flexibility index (Phi) is 3.93. The molecule has 3 aromatic rings. The fraction of sp³-hybridized carbons (Fsp3) is 0.143. The predicted octanol–water partition coefficient (Wildman–Crippen LogP) is 3.92. The van der Waals surface area contributed by atoms with Gasteiger partial charge in [0, 0.05) is 11.1 Å². The molecule has 0 aliphatic heterocycles. The number of nitrogens with zero attached hydrogens (tertiary/aromatic N) is 2. The van der Waals surface area contributed by atoms with Crippen molar-refractivity contribution in [3.63, 3.8) is 0 Å². The lowest BCUT2D eigenvalue weighted by molar-refractivity contribution is 0.472. The second kappa shape index (κ2) is 5.71. The van der Waals surface area contributed by atoms with Crippen LogP contribution in [0.4, 0.5) is 0 Å². The van der Waals surface area contributed by atoms with Crippen molar-refractivity contribution in [2.75, 3.05) is 5.75 Å². The van der Waals surface area contributed by atoms with Crippen LogP contribution in [0.1, 0.15) is 6.92 Å². The Balaban J connectivity index is 2.33. The summed E-state index contributed by atoms with van der Waals surface area (Å²) in [7, 11) is 0. The molecule has 1 aromatic carbocycles. The first-order chi connectivity index (χ1) is 10.1. The largest absolute Gasteiger partial charge is 0.506 e. The first kappa shape index (κ1) is 14.4. The second-order valence-electron chi connectivity index (χ2n) is 4.24. The van der Waals surface area contributed by atoms with E-state index in [0.29, 0.717) is 10.7 Å². The highest BCUT2D eigenvalue weighted by atomic mass is 35.5. The van der Waals surface area contributed by atoms with Gasteiger partial charge >= 0.3 is 5.69 Å². The Hall–Kier alpha value is -1.50. The molecule has 0 radical (unpaired) electrons. The van der Waals surface area contributed by atoms with E-state index in [2.05, 4.69) is 4.98 Å². The molecule has 2 aromatic heterocycles. The van der Waals surface area contributed by atoms with E-state index in [1.54, 1.807) is 12.1 Å². The maximum absolute atomic E-state index is 12.4. The van der Waals surface area contributed by atoms with Crippen molar-refractivity contribution in [2.24, 2.45) is 0 Å². The van der Waals surface area contributed by atoms with Crippen LogP contribution in [0, 0.1) is 0 Å². The normalized spacial score (nSPS) is 11.1. The van der Waals surface area contributed by atoms with Crippen LogP contribution in [-0.4, -0.2) is 20.4 Å². The Morgan fingerprint density at radius 1 is 1.43 bits per heavy atom. The lowest BCUT2D eigenvalue weighted by atomic mass is 10.3. The summed E-state index contributed by atoms with van der Waals surface area (Å²) in [6.07, 6.45) is 0. The Morgan fingerprint density at radius 3 is 2.95 bits per heavy atom. The minimum atomic E-state index is -0.408. The predicted molar refractivity (Wildman–Crippen MR) is 88.3 cm³/mol. The molecule has 3 rings (SSSR count). The molecule has 0 saturated heterocycles. The molecule has 4 nitrogen and oxygen atoms in total. The summed E-state index contributed by atoms with van der Waals surface area (Å²) < 4.78 is 2.35. The van der Waals surface area contributed by atoms with Gasteiger partial charge in [0.2, 0.25) is 0 Å². The number of halogens is 1. The summed E-state index contributed by atoms with van der Waals surface area (Å²) in [6, 6.07) is 6.52. The zero-order valence-electron chi connectivity index (χ0n) is 11.0. The van der Waals surface area contributed by atoms with E-state index < -0.39 is 5.69 Å². The SMILES string of the molecule is CCSc1nc(=O)n(-c2ccc(Cl)cc2O)c2ccsc12. The summed E-state index contributed by atoms with van der Waals surface area (Å²) >= 11 is 8.91. The van der Waals surface area contributed by atoms with Crippen molar-refractivity contribution in [1.82, 2.24) is 9.55 Å². The highest BCUT2D eigenvalue weighted by Crippen LogP contribution is 2.32. The maximum Gasteiger partial charge on any atom is 0.353 e. The number of aromatic nitrogens is 2. The number of thiophene rings is 1. The van der Waals surface area contributed by atoms with Gasteiger partial charge in [0.15, 0.2) is 0 Å². The Bertz CT molecular complexity index is 873. The topological polar surface area (TPSA) is 55.1 Å². The average Bonchev–Trinajstić information content (AvgIpc) is 2.90. The van der Waals surface area contributed by atoms with E-state index in [1.165, 1.54) is 33.7 Å². The van der Waals surface area contributed by atoms with Gasteiger partial charge < -0.3 is 5.11 Å². The quantitative estimate of drug-likeness (QED) is 0.581. The molecule has 0 fully saturated rings. The summed E-state index contributed by atoms with van der Waals surface area (Å²) in [5, 5.41) is 13.1. The van der Waals surface area contributed by atoms with Gasteiger partial charge in [-0.05, 0) is 29.3 Å². The lowest BCUT2D eigenvalue weighted by Gasteiger charge is -2.11. The molecule has 0 spiro atoms. The van der Waals surface area contributed by atoms with Gasteiger partial charge in [-0.1, -0.05) is 18.5 Å². The molecule has 0 aliphatic carbocycles. The van der Waals surface area contributed by atoms with Gasteiger partial charge in [-0.15, -0.1) is 23.1 Å². The van der Waals surface area contributed by atoms with E-state index >= 15 is 0 Å². The van der Waals surface area contributed by atoms with Gasteiger partial charge in [0.05, 0.1) is 15.9 Å². The van der Waals surface area contributed by atoms with Gasteiger partial charge in [-0.3, -0.25) is 4.57 Å². The number of benzene rings is 1. The Labute approximate surface area is 134 Å². The zero-order valence-corrected chi connectivity index (χ0v) is 13.4. The first-order valence-electron chi connectivity index (χ1n) is 6.23. The molecule has 7 heteroatoms. The summed E-state index contributed by atoms with van der Waals surface area (Å²) in [5.41, 5.74) is 0.719. The number of aromatic hydroxyl groups is 1. The van der Waals surface area contributed by atoms with Crippen LogP contribution in [0.25, 0.3) is 15.9 Å².